The van der Waals surface area contributed by atoms with Gasteiger partial charge in [0, 0.05) is 11.5 Å². The Bertz CT molecular complexity index is 930. The van der Waals surface area contributed by atoms with Gasteiger partial charge < -0.3 is 14.7 Å². The molecule has 2 rings (SSSR count). The second-order valence-corrected chi connectivity index (χ2v) is 7.99. The van der Waals surface area contributed by atoms with Gasteiger partial charge in [-0.05, 0) is 48.5 Å². The third kappa shape index (κ3) is 5.18. The maximum atomic E-state index is 12.3. The number of rotatable bonds is 6. The van der Waals surface area contributed by atoms with Crippen LogP contribution in [0.25, 0.3) is 0 Å². The van der Waals surface area contributed by atoms with Crippen LogP contribution < -0.4 is 4.74 Å². The van der Waals surface area contributed by atoms with E-state index in [-0.39, 0.29) is 4.90 Å². The average Bonchev–Trinajstić information content (AvgIpc) is 2.62. The van der Waals surface area contributed by atoms with Crippen molar-refractivity contribution in [1.82, 2.24) is 9.37 Å². The second kappa shape index (κ2) is 8.37. The van der Waals surface area contributed by atoms with Crippen molar-refractivity contribution in [1.29, 1.82) is 0 Å². The number of urea groups is 1. The number of amides is 2. The standard InChI is InChI=1S/C16H15BrN2O7S/c1-18(10-15(20)21)16(22)19(23)27(24,25)14-8-6-13(7-9-14)26-12-4-2-11(17)3-5-12/h2-9,23H,10H2,1H3,(H,20,21). The number of halogens is 1. The van der Waals surface area contributed by atoms with Gasteiger partial charge in [0.15, 0.2) is 0 Å². The average molecular weight is 459 g/mol. The predicted molar refractivity (Wildman–Crippen MR) is 97.1 cm³/mol. The molecule has 9 nitrogen and oxygen atoms in total. The fourth-order valence-electron chi connectivity index (χ4n) is 1.94. The quantitative estimate of drug-likeness (QED) is 0.503. The lowest BCUT2D eigenvalue weighted by atomic mass is 10.3. The minimum Gasteiger partial charge on any atom is -0.480 e. The highest BCUT2D eigenvalue weighted by molar-refractivity contribution is 9.10. The summed E-state index contributed by atoms with van der Waals surface area (Å²) >= 11 is 3.30. The molecule has 2 aromatic rings. The summed E-state index contributed by atoms with van der Waals surface area (Å²) in [6, 6.07) is 10.6. The van der Waals surface area contributed by atoms with Crippen LogP contribution in [0.3, 0.4) is 0 Å². The molecule has 0 bridgehead atoms. The van der Waals surface area contributed by atoms with Crippen LogP contribution in [-0.4, -0.2) is 53.7 Å². The monoisotopic (exact) mass is 458 g/mol. The number of likely N-dealkylation sites (N-methyl/N-ethyl adjacent to an activating group) is 1. The van der Waals surface area contributed by atoms with Gasteiger partial charge in [0.05, 0.1) is 4.90 Å². The summed E-state index contributed by atoms with van der Waals surface area (Å²) in [4.78, 5) is 22.6. The van der Waals surface area contributed by atoms with Gasteiger partial charge >= 0.3 is 12.0 Å². The number of hydroxylamine groups is 1. The van der Waals surface area contributed by atoms with Gasteiger partial charge in [-0.15, -0.1) is 0 Å². The van der Waals surface area contributed by atoms with Crippen LogP contribution in [0.5, 0.6) is 11.5 Å². The summed E-state index contributed by atoms with van der Waals surface area (Å²) in [5.74, 6) is -0.482. The van der Waals surface area contributed by atoms with Gasteiger partial charge in [-0.3, -0.25) is 10.0 Å². The summed E-state index contributed by atoms with van der Waals surface area (Å²) in [6.45, 7) is -0.772. The number of ether oxygens (including phenoxy) is 1. The third-order valence-corrected chi connectivity index (χ3v) is 5.27. The number of hydrogen-bond donors (Lipinski definition) is 2. The molecule has 0 saturated heterocycles. The van der Waals surface area contributed by atoms with Crippen molar-refractivity contribution >= 4 is 38.0 Å². The number of benzene rings is 2. The Hall–Kier alpha value is -2.63. The van der Waals surface area contributed by atoms with Crippen LogP contribution in [0.1, 0.15) is 0 Å². The Labute approximate surface area is 163 Å². The van der Waals surface area contributed by atoms with Gasteiger partial charge in [0.25, 0.3) is 10.0 Å². The molecule has 144 valence electrons. The Morgan fingerprint density at radius 2 is 1.52 bits per heavy atom. The molecule has 0 aliphatic carbocycles. The molecule has 2 N–H and O–H groups in total. The first kappa shape index (κ1) is 20.7. The minimum absolute atomic E-state index is 0.343. The first-order chi connectivity index (χ1) is 12.6. The number of carbonyl (C=O) groups is 2. The number of sulfonamides is 1. The zero-order valence-electron chi connectivity index (χ0n) is 13.9. The van der Waals surface area contributed by atoms with Crippen molar-refractivity contribution < 1.29 is 33.1 Å². The van der Waals surface area contributed by atoms with E-state index in [1.807, 2.05) is 0 Å². The van der Waals surface area contributed by atoms with Crippen molar-refractivity contribution in [2.75, 3.05) is 13.6 Å². The maximum absolute atomic E-state index is 12.3. The highest BCUT2D eigenvalue weighted by Crippen LogP contribution is 2.25. The molecule has 0 heterocycles. The van der Waals surface area contributed by atoms with Crippen LogP contribution in [0, 0.1) is 0 Å². The molecule has 0 spiro atoms. The third-order valence-electron chi connectivity index (χ3n) is 3.26. The van der Waals surface area contributed by atoms with Crippen LogP contribution in [0.2, 0.25) is 0 Å². The van der Waals surface area contributed by atoms with Crippen LogP contribution in [-0.2, 0) is 14.8 Å². The van der Waals surface area contributed by atoms with E-state index in [2.05, 4.69) is 15.9 Å². The molecular formula is C16H15BrN2O7S. The Balaban J connectivity index is 2.15. The molecule has 27 heavy (non-hydrogen) atoms. The summed E-state index contributed by atoms with van der Waals surface area (Å²) in [5.41, 5.74) is 0. The molecule has 0 saturated carbocycles. The number of carboxylic acids is 1. The van der Waals surface area contributed by atoms with E-state index in [4.69, 9.17) is 9.84 Å². The molecule has 0 aromatic heterocycles. The molecule has 0 fully saturated rings. The summed E-state index contributed by atoms with van der Waals surface area (Å²) in [7, 11) is -3.53. The zero-order chi connectivity index (χ0) is 20.2. The van der Waals surface area contributed by atoms with E-state index in [1.165, 1.54) is 12.1 Å². The van der Waals surface area contributed by atoms with E-state index in [0.29, 0.717) is 16.4 Å². The van der Waals surface area contributed by atoms with Crippen LogP contribution >= 0.6 is 15.9 Å². The lowest BCUT2D eigenvalue weighted by molar-refractivity contribution is -0.137. The molecule has 11 heteroatoms. The van der Waals surface area contributed by atoms with Crippen LogP contribution in [0.15, 0.2) is 57.9 Å². The lowest BCUT2D eigenvalue weighted by Crippen LogP contribution is -2.44. The molecule has 0 unspecified atom stereocenters. The minimum atomic E-state index is -4.57. The van der Waals surface area contributed by atoms with Gasteiger partial charge in [-0.25, -0.2) is 4.79 Å². The largest absolute Gasteiger partial charge is 0.480 e. The SMILES string of the molecule is CN(CC(=O)O)C(=O)N(O)S(=O)(=O)c1ccc(Oc2ccc(Br)cc2)cc1. The second-order valence-electron chi connectivity index (χ2n) is 5.31. The van der Waals surface area contributed by atoms with Crippen molar-refractivity contribution in [2.45, 2.75) is 4.90 Å². The molecule has 0 aliphatic rings. The number of carboxylic acid groups (broad SMARTS) is 1. The first-order valence-electron chi connectivity index (χ1n) is 7.36. The summed E-state index contributed by atoms with van der Waals surface area (Å²) in [5, 5.41) is 18.4. The summed E-state index contributed by atoms with van der Waals surface area (Å²) < 4.78 is 30.5. The fraction of sp³-hybridized carbons (Fsp3) is 0.125. The van der Waals surface area contributed by atoms with Crippen molar-refractivity contribution in [3.8, 4) is 11.5 Å². The van der Waals surface area contributed by atoms with Crippen molar-refractivity contribution in [3.63, 3.8) is 0 Å². The number of hydrogen-bond acceptors (Lipinski definition) is 6. The highest BCUT2D eigenvalue weighted by Gasteiger charge is 2.31. The van der Waals surface area contributed by atoms with E-state index in [0.717, 1.165) is 23.7 Å². The van der Waals surface area contributed by atoms with Gasteiger partial charge in [0.1, 0.15) is 18.0 Å². The van der Waals surface area contributed by atoms with Gasteiger partial charge in [-0.1, -0.05) is 20.4 Å². The Morgan fingerprint density at radius 1 is 1.04 bits per heavy atom. The van der Waals surface area contributed by atoms with Gasteiger partial charge in [-0.2, -0.15) is 8.42 Å². The number of aliphatic carboxylic acids is 1. The Kier molecular flexibility index (Phi) is 6.41. The summed E-state index contributed by atoms with van der Waals surface area (Å²) in [6.07, 6.45) is 0. The molecule has 0 radical (unpaired) electrons. The maximum Gasteiger partial charge on any atom is 0.359 e. The molecule has 2 aromatic carbocycles. The van der Waals surface area contributed by atoms with E-state index >= 15 is 0 Å². The highest BCUT2D eigenvalue weighted by atomic mass is 79.9. The first-order valence-corrected chi connectivity index (χ1v) is 9.59. The molecule has 2 amide bonds. The van der Waals surface area contributed by atoms with Crippen molar-refractivity contribution in [2.24, 2.45) is 0 Å². The number of nitrogens with zero attached hydrogens (tertiary/aromatic N) is 2. The molecule has 0 aliphatic heterocycles. The predicted octanol–water partition coefficient (Wildman–Crippen LogP) is 2.76. The smallest absolute Gasteiger partial charge is 0.359 e. The zero-order valence-corrected chi connectivity index (χ0v) is 16.3. The lowest BCUT2D eigenvalue weighted by Gasteiger charge is -2.21. The fourth-order valence-corrected chi connectivity index (χ4v) is 3.23. The van der Waals surface area contributed by atoms with E-state index in [1.54, 1.807) is 24.3 Å². The van der Waals surface area contributed by atoms with Crippen LogP contribution in [0.4, 0.5) is 4.79 Å². The topological polar surface area (TPSA) is 124 Å². The molecule has 0 atom stereocenters. The van der Waals surface area contributed by atoms with Crippen molar-refractivity contribution in [3.05, 3.63) is 53.0 Å². The normalized spacial score (nSPS) is 10.9. The van der Waals surface area contributed by atoms with Gasteiger partial charge in [0.2, 0.25) is 0 Å². The van der Waals surface area contributed by atoms with E-state index < -0.39 is 33.0 Å². The number of carbonyl (C=O) groups excluding carboxylic acids is 1. The van der Waals surface area contributed by atoms with E-state index in [9.17, 15) is 23.2 Å². The Morgan fingerprint density at radius 3 is 2.00 bits per heavy atom. The molecular weight excluding hydrogens is 444 g/mol.